The number of aromatic amines is 1. The number of nitrogens with one attached hydrogen (secondary N) is 2. The molecule has 0 aliphatic carbocycles. The zero-order valence-electron chi connectivity index (χ0n) is 15.7. The highest BCUT2D eigenvalue weighted by Gasteiger charge is 2.22. The maximum absolute atomic E-state index is 13.0. The Morgan fingerprint density at radius 1 is 1.21 bits per heavy atom. The topological polar surface area (TPSA) is 96.7 Å². The molecule has 0 atom stereocenters. The molecule has 0 amide bonds. The van der Waals surface area contributed by atoms with Crippen LogP contribution in [0, 0.1) is 13.8 Å². The third-order valence-electron chi connectivity index (χ3n) is 5.25. The Kier molecular flexibility index (Phi) is 3.84. The molecule has 1 aliphatic rings. The van der Waals surface area contributed by atoms with Crippen LogP contribution in [-0.4, -0.2) is 26.7 Å². The molecule has 1 aromatic carbocycles. The fourth-order valence-corrected chi connectivity index (χ4v) is 3.79. The van der Waals surface area contributed by atoms with Crippen LogP contribution in [0.5, 0.6) is 0 Å². The van der Waals surface area contributed by atoms with Crippen molar-refractivity contribution in [2.75, 3.05) is 6.54 Å². The van der Waals surface area contributed by atoms with Gasteiger partial charge in [0.2, 0.25) is 11.3 Å². The van der Waals surface area contributed by atoms with Gasteiger partial charge in [-0.05, 0) is 50.1 Å². The second-order valence-electron chi connectivity index (χ2n) is 7.15. The van der Waals surface area contributed by atoms with Crippen LogP contribution in [0.25, 0.3) is 33.7 Å². The summed E-state index contributed by atoms with van der Waals surface area (Å²) in [6.07, 6.45) is 4.41. The van der Waals surface area contributed by atoms with Crippen molar-refractivity contribution >= 4 is 10.9 Å². The molecule has 0 spiro atoms. The molecule has 7 heteroatoms. The monoisotopic (exact) mass is 373 g/mol. The van der Waals surface area contributed by atoms with Crippen LogP contribution in [0.15, 0.2) is 39.9 Å². The summed E-state index contributed by atoms with van der Waals surface area (Å²) < 4.78 is 5.49. The number of H-pyrrole nitrogens is 1. The Morgan fingerprint density at radius 2 is 2.11 bits per heavy atom. The van der Waals surface area contributed by atoms with Gasteiger partial charge < -0.3 is 14.8 Å². The molecule has 28 heavy (non-hydrogen) atoms. The molecule has 140 valence electrons. The number of rotatable bonds is 2. The lowest BCUT2D eigenvalue weighted by molar-refractivity contribution is 0.432. The first-order chi connectivity index (χ1) is 13.6. The van der Waals surface area contributed by atoms with Crippen molar-refractivity contribution in [2.24, 2.45) is 0 Å². The minimum absolute atomic E-state index is 0.123. The number of hydrogen-bond acceptors (Lipinski definition) is 6. The van der Waals surface area contributed by atoms with Crippen molar-refractivity contribution < 1.29 is 4.52 Å². The predicted octanol–water partition coefficient (Wildman–Crippen LogP) is 2.90. The summed E-state index contributed by atoms with van der Waals surface area (Å²) in [6, 6.07) is 5.73. The zero-order valence-corrected chi connectivity index (χ0v) is 15.7. The molecule has 5 rings (SSSR count). The molecule has 3 aromatic heterocycles. The van der Waals surface area contributed by atoms with Crippen LogP contribution in [0.1, 0.15) is 22.4 Å². The minimum atomic E-state index is -0.123. The van der Waals surface area contributed by atoms with Crippen molar-refractivity contribution in [1.29, 1.82) is 0 Å². The zero-order chi connectivity index (χ0) is 19.3. The second-order valence-corrected chi connectivity index (χ2v) is 7.15. The summed E-state index contributed by atoms with van der Waals surface area (Å²) in [4.78, 5) is 25.1. The van der Waals surface area contributed by atoms with Gasteiger partial charge in [0.05, 0.1) is 0 Å². The van der Waals surface area contributed by atoms with Crippen LogP contribution in [-0.2, 0) is 13.0 Å². The summed E-state index contributed by atoms with van der Waals surface area (Å²) in [6.45, 7) is 5.58. The quantitative estimate of drug-likeness (QED) is 0.561. The molecule has 7 nitrogen and oxygen atoms in total. The Balaban J connectivity index is 1.65. The molecule has 0 saturated heterocycles. The number of fused-ring (bicyclic) bond motifs is 2. The van der Waals surface area contributed by atoms with E-state index < -0.39 is 0 Å². The predicted molar refractivity (Wildman–Crippen MR) is 106 cm³/mol. The number of benzene rings is 1. The minimum Gasteiger partial charge on any atom is -0.360 e. The average molecular weight is 373 g/mol. The first-order valence-electron chi connectivity index (χ1n) is 9.26. The Bertz CT molecular complexity index is 1270. The normalized spacial score (nSPS) is 13.6. The van der Waals surface area contributed by atoms with E-state index in [4.69, 9.17) is 4.52 Å². The maximum Gasteiger partial charge on any atom is 0.263 e. The Labute approximate surface area is 160 Å². The second kappa shape index (κ2) is 6.38. The van der Waals surface area contributed by atoms with E-state index >= 15 is 0 Å². The molecular formula is C21H19N5O2. The molecule has 1 aliphatic heterocycles. The van der Waals surface area contributed by atoms with Crippen LogP contribution in [0.4, 0.5) is 0 Å². The van der Waals surface area contributed by atoms with E-state index in [1.165, 1.54) is 5.56 Å². The van der Waals surface area contributed by atoms with Gasteiger partial charge in [0, 0.05) is 41.1 Å². The fraction of sp³-hybridized carbons (Fsp3) is 0.238. The molecule has 0 bridgehead atoms. The Morgan fingerprint density at radius 3 is 3.00 bits per heavy atom. The van der Waals surface area contributed by atoms with E-state index in [1.807, 2.05) is 38.2 Å². The maximum atomic E-state index is 13.0. The van der Waals surface area contributed by atoms with Crippen molar-refractivity contribution in [1.82, 2.24) is 25.4 Å². The number of nitrogens with zero attached hydrogens (tertiary/aromatic N) is 3. The van der Waals surface area contributed by atoms with Crippen LogP contribution in [0.2, 0.25) is 0 Å². The van der Waals surface area contributed by atoms with E-state index in [0.717, 1.165) is 47.4 Å². The van der Waals surface area contributed by atoms with Gasteiger partial charge >= 0.3 is 0 Å². The molecule has 4 heterocycles. The Hall–Kier alpha value is -3.32. The highest BCUT2D eigenvalue weighted by Crippen LogP contribution is 2.30. The van der Waals surface area contributed by atoms with Gasteiger partial charge in [-0.1, -0.05) is 16.8 Å². The van der Waals surface area contributed by atoms with Crippen LogP contribution < -0.4 is 10.7 Å². The van der Waals surface area contributed by atoms with Gasteiger partial charge in [0.15, 0.2) is 0 Å². The van der Waals surface area contributed by atoms with Crippen molar-refractivity contribution in [3.05, 3.63) is 63.2 Å². The largest absolute Gasteiger partial charge is 0.360 e. The molecule has 0 unspecified atom stereocenters. The summed E-state index contributed by atoms with van der Waals surface area (Å²) >= 11 is 0. The first kappa shape index (κ1) is 16.8. The first-order valence-corrected chi connectivity index (χ1v) is 9.26. The standard InChI is InChI=1S/C21H19N5O2/c1-11-3-4-17-15(7-11)19(27)16(10-24-17)21-25-20(26-28-21)18-12(2)23-9-13-8-22-6-5-14(13)18/h3-4,7,9-10,22H,5-6,8H2,1-2H3,(H,24,27). The van der Waals surface area contributed by atoms with Gasteiger partial charge in [-0.25, -0.2) is 0 Å². The highest BCUT2D eigenvalue weighted by atomic mass is 16.5. The van der Waals surface area contributed by atoms with E-state index in [9.17, 15) is 4.79 Å². The smallest absolute Gasteiger partial charge is 0.263 e. The van der Waals surface area contributed by atoms with Gasteiger partial charge in [0.1, 0.15) is 5.56 Å². The lowest BCUT2D eigenvalue weighted by atomic mass is 9.95. The van der Waals surface area contributed by atoms with Gasteiger partial charge in [0.25, 0.3) is 5.89 Å². The number of hydrogen-bond donors (Lipinski definition) is 2. The van der Waals surface area contributed by atoms with E-state index in [2.05, 4.69) is 25.4 Å². The highest BCUT2D eigenvalue weighted by molar-refractivity contribution is 5.82. The van der Waals surface area contributed by atoms with Crippen molar-refractivity contribution in [3.63, 3.8) is 0 Å². The fourth-order valence-electron chi connectivity index (χ4n) is 3.79. The number of aromatic nitrogens is 4. The van der Waals surface area contributed by atoms with E-state index in [1.54, 1.807) is 6.20 Å². The lowest BCUT2D eigenvalue weighted by Gasteiger charge is -2.19. The molecule has 2 N–H and O–H groups in total. The van der Waals surface area contributed by atoms with Crippen LogP contribution >= 0.6 is 0 Å². The number of aryl methyl sites for hydroxylation is 2. The summed E-state index contributed by atoms with van der Waals surface area (Å²) in [5.74, 6) is 0.688. The third-order valence-corrected chi connectivity index (χ3v) is 5.25. The van der Waals surface area contributed by atoms with Gasteiger partial charge in [-0.15, -0.1) is 0 Å². The average Bonchev–Trinajstić information content (AvgIpc) is 3.18. The van der Waals surface area contributed by atoms with E-state index in [0.29, 0.717) is 16.8 Å². The summed E-state index contributed by atoms with van der Waals surface area (Å²) in [5, 5.41) is 8.13. The molecule has 0 fully saturated rings. The molecule has 0 radical (unpaired) electrons. The summed E-state index contributed by atoms with van der Waals surface area (Å²) in [5.41, 5.74) is 6.16. The SMILES string of the molecule is Cc1ccc2[nH]cc(-c3nc(-c4c(C)ncc5c4CCNC5)no3)c(=O)c2c1. The van der Waals surface area contributed by atoms with E-state index in [-0.39, 0.29) is 11.3 Å². The van der Waals surface area contributed by atoms with Gasteiger partial charge in [-0.2, -0.15) is 4.98 Å². The summed E-state index contributed by atoms with van der Waals surface area (Å²) in [7, 11) is 0. The molecule has 4 aromatic rings. The van der Waals surface area contributed by atoms with Crippen LogP contribution in [0.3, 0.4) is 0 Å². The van der Waals surface area contributed by atoms with Gasteiger partial charge in [-0.3, -0.25) is 9.78 Å². The van der Waals surface area contributed by atoms with Crippen molar-refractivity contribution in [3.8, 4) is 22.8 Å². The lowest BCUT2D eigenvalue weighted by Crippen LogP contribution is -2.24. The molecular weight excluding hydrogens is 354 g/mol. The number of pyridine rings is 2. The molecule has 0 saturated carbocycles. The van der Waals surface area contributed by atoms with Crippen molar-refractivity contribution in [2.45, 2.75) is 26.8 Å². The third kappa shape index (κ3) is 2.63.